The normalized spacial score (nSPS) is 18.5. The predicted octanol–water partition coefficient (Wildman–Crippen LogP) is 6.63. The molecular weight excluding hydrogens is 556 g/mol. The van der Waals surface area contributed by atoms with Crippen LogP contribution in [0.4, 0.5) is 26.3 Å². The Balaban J connectivity index is 0.00000124. The summed E-state index contributed by atoms with van der Waals surface area (Å²) in [5.41, 5.74) is -1.17. The van der Waals surface area contributed by atoms with E-state index in [9.17, 15) is 31.4 Å². The molecule has 5 rings (SSSR count). The van der Waals surface area contributed by atoms with Crippen molar-refractivity contribution in [3.05, 3.63) is 76.7 Å². The van der Waals surface area contributed by atoms with Gasteiger partial charge in [0.05, 0.1) is 12.2 Å². The third-order valence-electron chi connectivity index (χ3n) is 7.18. The Morgan fingerprint density at radius 3 is 2.44 bits per heavy atom. The molecule has 0 amide bonds. The van der Waals surface area contributed by atoms with Gasteiger partial charge < -0.3 is 19.7 Å². The van der Waals surface area contributed by atoms with Crippen molar-refractivity contribution in [1.82, 2.24) is 4.98 Å². The Morgan fingerprint density at radius 2 is 1.80 bits per heavy atom. The number of aliphatic hydroxyl groups is 1. The third kappa shape index (κ3) is 7.10. The van der Waals surface area contributed by atoms with Gasteiger partial charge in [0.2, 0.25) is 5.88 Å². The van der Waals surface area contributed by atoms with Gasteiger partial charge in [0.25, 0.3) is 12.9 Å². The van der Waals surface area contributed by atoms with Gasteiger partial charge in [-0.05, 0) is 78.1 Å². The molecule has 3 unspecified atom stereocenters. The minimum atomic E-state index is -4.81. The molecular formula is C29H27F6NO5. The molecule has 0 radical (unpaired) electrons. The van der Waals surface area contributed by atoms with Gasteiger partial charge in [-0.3, -0.25) is 4.79 Å². The van der Waals surface area contributed by atoms with Crippen LogP contribution in [0.2, 0.25) is 0 Å². The van der Waals surface area contributed by atoms with Crippen LogP contribution in [0.3, 0.4) is 0 Å². The minimum absolute atomic E-state index is 0.0623. The maximum Gasteiger partial charge on any atom is 0.417 e. The average Bonchev–Trinajstić information content (AvgIpc) is 3.58. The first-order valence-corrected chi connectivity index (χ1v) is 12.7. The second-order valence-electron chi connectivity index (χ2n) is 10.2. The highest BCUT2D eigenvalue weighted by Crippen LogP contribution is 2.56. The number of aromatic nitrogens is 1. The van der Waals surface area contributed by atoms with Crippen molar-refractivity contribution in [3.8, 4) is 22.8 Å². The number of nitrogens with zero attached hydrogens (tertiary/aromatic N) is 1. The van der Waals surface area contributed by atoms with Crippen molar-refractivity contribution in [2.75, 3.05) is 6.61 Å². The van der Waals surface area contributed by atoms with Crippen LogP contribution in [0, 0.1) is 11.7 Å². The van der Waals surface area contributed by atoms with E-state index >= 15 is 0 Å². The quantitative estimate of drug-likeness (QED) is 0.217. The number of hydrogen-bond donors (Lipinski definition) is 2. The number of halogens is 6. The molecule has 3 atom stereocenters. The highest BCUT2D eigenvalue weighted by atomic mass is 19.4. The number of rotatable bonds is 9. The van der Waals surface area contributed by atoms with E-state index in [1.54, 1.807) is 6.20 Å². The number of fused-ring (bicyclic) bond motifs is 3. The molecule has 41 heavy (non-hydrogen) atoms. The maximum absolute atomic E-state index is 14.7. The first-order chi connectivity index (χ1) is 19.3. The smallest absolute Gasteiger partial charge is 0.417 e. The summed E-state index contributed by atoms with van der Waals surface area (Å²) in [6.45, 7) is 0.211. The summed E-state index contributed by atoms with van der Waals surface area (Å²) in [5.74, 6) is 0.679. The van der Waals surface area contributed by atoms with E-state index in [1.807, 2.05) is 6.07 Å². The Bertz CT molecular complexity index is 1380. The fraction of sp³-hybridized carbons (Fsp3) is 0.379. The Kier molecular flexibility index (Phi) is 8.81. The van der Waals surface area contributed by atoms with Gasteiger partial charge in [0.1, 0.15) is 23.8 Å². The van der Waals surface area contributed by atoms with E-state index < -0.39 is 29.6 Å². The van der Waals surface area contributed by atoms with E-state index in [2.05, 4.69) is 4.98 Å². The second-order valence-corrected chi connectivity index (χ2v) is 10.2. The Labute approximate surface area is 231 Å². The van der Waals surface area contributed by atoms with E-state index in [0.29, 0.717) is 23.8 Å². The van der Waals surface area contributed by atoms with Crippen molar-refractivity contribution in [2.24, 2.45) is 5.92 Å². The van der Waals surface area contributed by atoms with Crippen LogP contribution >= 0.6 is 0 Å². The zero-order chi connectivity index (χ0) is 29.9. The molecule has 2 aliphatic carbocycles. The van der Waals surface area contributed by atoms with Crippen LogP contribution < -0.4 is 9.47 Å². The molecule has 0 spiro atoms. The van der Waals surface area contributed by atoms with Gasteiger partial charge in [0, 0.05) is 24.2 Å². The standard InChI is InChI=1S/C28H25F6NO3.CH2O2/c1-27(36,26(30)31)6-7-37-19-4-2-15(3-5-19)21-10-18(24(29)12-23(21)28(32,33)34)14-38-25-11-17-8-16-9-20(16)22(17)13-35-25;2-1-3/h2-5,10-13,16,20,26,36H,6-9,14H2,1H3;1H,(H,2,3). The van der Waals surface area contributed by atoms with Crippen LogP contribution in [0.25, 0.3) is 11.1 Å². The molecule has 6 nitrogen and oxygen atoms in total. The average molecular weight is 584 g/mol. The Morgan fingerprint density at radius 1 is 1.12 bits per heavy atom. The maximum atomic E-state index is 14.7. The minimum Gasteiger partial charge on any atom is -0.493 e. The number of alkyl halides is 5. The van der Waals surface area contributed by atoms with Gasteiger partial charge in [-0.1, -0.05) is 12.1 Å². The SMILES string of the molecule is CC(O)(CCOc1ccc(-c2cc(COc3cc4c(cn3)C3CC3C4)c(F)cc2C(F)(F)F)cc1)C(F)F.O=CO. The molecule has 0 aliphatic heterocycles. The number of pyridine rings is 1. The van der Waals surface area contributed by atoms with Crippen LogP contribution in [-0.4, -0.2) is 40.3 Å². The summed E-state index contributed by atoms with van der Waals surface area (Å²) >= 11 is 0. The van der Waals surface area contributed by atoms with Crippen molar-refractivity contribution >= 4 is 6.47 Å². The first-order valence-electron chi connectivity index (χ1n) is 12.7. The van der Waals surface area contributed by atoms with Crippen LogP contribution in [0.1, 0.15) is 47.9 Å². The van der Waals surface area contributed by atoms with Crippen molar-refractivity contribution in [3.63, 3.8) is 0 Å². The zero-order valence-electron chi connectivity index (χ0n) is 21.8. The van der Waals surface area contributed by atoms with E-state index in [4.69, 9.17) is 19.4 Å². The zero-order valence-corrected chi connectivity index (χ0v) is 21.8. The van der Waals surface area contributed by atoms with Gasteiger partial charge in [-0.15, -0.1) is 0 Å². The fourth-order valence-corrected chi connectivity index (χ4v) is 4.78. The summed E-state index contributed by atoms with van der Waals surface area (Å²) < 4.78 is 92.5. The van der Waals surface area contributed by atoms with Gasteiger partial charge in [-0.2, -0.15) is 13.2 Å². The number of carboxylic acid groups (broad SMARTS) is 1. The van der Waals surface area contributed by atoms with Crippen molar-refractivity contribution in [2.45, 2.75) is 56.9 Å². The van der Waals surface area contributed by atoms with Crippen LogP contribution in [-0.2, 0) is 24.0 Å². The molecule has 0 bridgehead atoms. The number of ether oxygens (including phenoxy) is 2. The summed E-state index contributed by atoms with van der Waals surface area (Å²) in [6.07, 6.45) is -4.23. The molecule has 1 fully saturated rings. The third-order valence-corrected chi connectivity index (χ3v) is 7.18. The summed E-state index contributed by atoms with van der Waals surface area (Å²) in [4.78, 5) is 12.6. The molecule has 2 N–H and O–H groups in total. The molecule has 2 aromatic carbocycles. The predicted molar refractivity (Wildman–Crippen MR) is 135 cm³/mol. The molecule has 1 saturated carbocycles. The molecule has 1 heterocycles. The monoisotopic (exact) mass is 583 g/mol. The van der Waals surface area contributed by atoms with Crippen molar-refractivity contribution < 1.29 is 50.8 Å². The lowest BCUT2D eigenvalue weighted by molar-refractivity contribution is -0.137. The van der Waals surface area contributed by atoms with Crippen molar-refractivity contribution in [1.29, 1.82) is 0 Å². The van der Waals surface area contributed by atoms with Gasteiger partial charge in [-0.25, -0.2) is 18.2 Å². The van der Waals surface area contributed by atoms with Gasteiger partial charge >= 0.3 is 6.18 Å². The molecule has 0 saturated heterocycles. The molecule has 3 aromatic rings. The van der Waals surface area contributed by atoms with Crippen LogP contribution in [0.15, 0.2) is 48.7 Å². The summed E-state index contributed by atoms with van der Waals surface area (Å²) in [7, 11) is 0. The topological polar surface area (TPSA) is 88.9 Å². The van der Waals surface area contributed by atoms with E-state index in [1.165, 1.54) is 36.2 Å². The summed E-state index contributed by atoms with van der Waals surface area (Å²) in [6, 6.07) is 8.85. The highest BCUT2D eigenvalue weighted by Gasteiger charge is 2.45. The molecule has 1 aromatic heterocycles. The molecule has 2 aliphatic rings. The number of carbonyl (C=O) groups is 1. The lowest BCUT2D eigenvalue weighted by Gasteiger charge is -2.22. The fourth-order valence-electron chi connectivity index (χ4n) is 4.78. The number of benzene rings is 2. The lowest BCUT2D eigenvalue weighted by Crippen LogP contribution is -2.35. The van der Waals surface area contributed by atoms with Gasteiger partial charge in [0.15, 0.2) is 0 Å². The summed E-state index contributed by atoms with van der Waals surface area (Å²) in [5, 5.41) is 16.5. The largest absolute Gasteiger partial charge is 0.493 e. The molecule has 12 heteroatoms. The first kappa shape index (κ1) is 30.2. The van der Waals surface area contributed by atoms with E-state index in [-0.39, 0.29) is 48.5 Å². The van der Waals surface area contributed by atoms with Crippen LogP contribution in [0.5, 0.6) is 11.6 Å². The second kappa shape index (κ2) is 12.0. The Hall–Kier alpha value is -3.80. The molecule has 220 valence electrons. The number of hydrogen-bond acceptors (Lipinski definition) is 5. The lowest BCUT2D eigenvalue weighted by atomic mass is 9.96. The highest BCUT2D eigenvalue weighted by molar-refractivity contribution is 5.69. The van der Waals surface area contributed by atoms with E-state index in [0.717, 1.165) is 25.0 Å².